The molecule has 1 aliphatic rings. The average Bonchev–Trinajstić information content (AvgIpc) is 2.92. The minimum atomic E-state index is 0.384. The lowest BCUT2D eigenvalue weighted by atomic mass is 9.92. The van der Waals surface area contributed by atoms with Crippen LogP contribution in [-0.2, 0) is 0 Å². The summed E-state index contributed by atoms with van der Waals surface area (Å²) in [6, 6.07) is 7.96. The maximum absolute atomic E-state index is 5.87. The molecule has 1 aliphatic carbocycles. The average molecular weight is 274 g/mol. The third kappa shape index (κ3) is 1.67. The van der Waals surface area contributed by atoms with Crippen molar-refractivity contribution < 1.29 is 4.42 Å². The highest BCUT2D eigenvalue weighted by molar-refractivity contribution is 6.28. The Morgan fingerprint density at radius 3 is 2.84 bits per heavy atom. The number of imidazole rings is 1. The standard InChI is InChI=1S/C14H12ClN3O/c15-12-7-6-11(19-12)14-17-10-5-2-8-16-13(10)18(14)9-3-1-4-9/h2,5-9H,1,3-4H2. The fourth-order valence-corrected chi connectivity index (χ4v) is 2.67. The summed E-state index contributed by atoms with van der Waals surface area (Å²) in [5, 5.41) is 0.384. The molecule has 0 N–H and O–H groups in total. The number of furan rings is 1. The zero-order valence-electron chi connectivity index (χ0n) is 10.2. The lowest BCUT2D eigenvalue weighted by Crippen LogP contribution is -2.18. The molecule has 1 fully saturated rings. The van der Waals surface area contributed by atoms with Crippen LogP contribution in [0.3, 0.4) is 0 Å². The normalized spacial score (nSPS) is 15.8. The highest BCUT2D eigenvalue weighted by Gasteiger charge is 2.26. The van der Waals surface area contributed by atoms with Crippen molar-refractivity contribution in [3.8, 4) is 11.6 Å². The Morgan fingerprint density at radius 1 is 1.26 bits per heavy atom. The molecule has 0 atom stereocenters. The first kappa shape index (κ1) is 11.1. The lowest BCUT2D eigenvalue weighted by molar-refractivity contribution is 0.320. The molecule has 5 heteroatoms. The molecule has 0 bridgehead atoms. The third-order valence-corrected chi connectivity index (χ3v) is 3.89. The molecule has 1 saturated carbocycles. The van der Waals surface area contributed by atoms with Gasteiger partial charge in [0.05, 0.1) is 0 Å². The molecule has 0 aromatic carbocycles. The molecule has 0 unspecified atom stereocenters. The van der Waals surface area contributed by atoms with Crippen molar-refractivity contribution >= 4 is 22.8 Å². The third-order valence-electron chi connectivity index (χ3n) is 3.68. The van der Waals surface area contributed by atoms with E-state index in [1.165, 1.54) is 19.3 Å². The summed E-state index contributed by atoms with van der Waals surface area (Å²) in [7, 11) is 0. The van der Waals surface area contributed by atoms with Crippen molar-refractivity contribution in [2.45, 2.75) is 25.3 Å². The van der Waals surface area contributed by atoms with Crippen LogP contribution in [0.2, 0.25) is 5.22 Å². The van der Waals surface area contributed by atoms with E-state index < -0.39 is 0 Å². The minimum absolute atomic E-state index is 0.384. The molecule has 0 amide bonds. The number of pyridine rings is 1. The van der Waals surface area contributed by atoms with Gasteiger partial charge >= 0.3 is 0 Å². The molecule has 3 heterocycles. The Labute approximate surface area is 115 Å². The molecule has 19 heavy (non-hydrogen) atoms. The molecule has 0 radical (unpaired) electrons. The quantitative estimate of drug-likeness (QED) is 0.707. The van der Waals surface area contributed by atoms with E-state index in [9.17, 15) is 0 Å². The number of nitrogens with zero attached hydrogens (tertiary/aromatic N) is 3. The number of hydrogen-bond donors (Lipinski definition) is 0. The Balaban J connectivity index is 1.98. The van der Waals surface area contributed by atoms with E-state index in [4.69, 9.17) is 16.0 Å². The Bertz CT molecular complexity index is 742. The number of hydrogen-bond acceptors (Lipinski definition) is 3. The van der Waals surface area contributed by atoms with Gasteiger partial charge in [0, 0.05) is 12.2 Å². The molecule has 0 aliphatic heterocycles. The van der Waals surface area contributed by atoms with E-state index in [2.05, 4.69) is 14.5 Å². The van der Waals surface area contributed by atoms with Crippen molar-refractivity contribution in [3.05, 3.63) is 35.7 Å². The van der Waals surface area contributed by atoms with E-state index in [1.54, 1.807) is 12.3 Å². The summed E-state index contributed by atoms with van der Waals surface area (Å²) in [5.74, 6) is 1.53. The predicted molar refractivity (Wildman–Crippen MR) is 73.1 cm³/mol. The predicted octanol–water partition coefficient (Wildman–Crippen LogP) is 4.07. The summed E-state index contributed by atoms with van der Waals surface area (Å²) in [6.07, 6.45) is 5.40. The second kappa shape index (κ2) is 4.10. The van der Waals surface area contributed by atoms with Crippen LogP contribution in [0.5, 0.6) is 0 Å². The Morgan fingerprint density at radius 2 is 2.16 bits per heavy atom. The van der Waals surface area contributed by atoms with Crippen molar-refractivity contribution in [1.29, 1.82) is 0 Å². The van der Waals surface area contributed by atoms with Crippen molar-refractivity contribution in [3.63, 3.8) is 0 Å². The van der Waals surface area contributed by atoms with Crippen LogP contribution >= 0.6 is 11.6 Å². The molecule has 96 valence electrons. The van der Waals surface area contributed by atoms with Crippen LogP contribution in [0.25, 0.3) is 22.7 Å². The maximum atomic E-state index is 5.87. The van der Waals surface area contributed by atoms with Crippen LogP contribution in [0, 0.1) is 0 Å². The zero-order chi connectivity index (χ0) is 12.8. The Hall–Kier alpha value is -1.81. The lowest BCUT2D eigenvalue weighted by Gasteiger charge is -2.28. The first-order valence-electron chi connectivity index (χ1n) is 6.41. The topological polar surface area (TPSA) is 43.9 Å². The highest BCUT2D eigenvalue weighted by atomic mass is 35.5. The minimum Gasteiger partial charge on any atom is -0.441 e. The summed E-state index contributed by atoms with van der Waals surface area (Å²) in [5.41, 5.74) is 1.83. The fraction of sp³-hybridized carbons (Fsp3) is 0.286. The van der Waals surface area contributed by atoms with Gasteiger partial charge in [-0.15, -0.1) is 0 Å². The molecule has 4 rings (SSSR count). The van der Waals surface area contributed by atoms with E-state index in [1.807, 2.05) is 18.2 Å². The van der Waals surface area contributed by atoms with Gasteiger partial charge in [0.1, 0.15) is 5.52 Å². The summed E-state index contributed by atoms with van der Waals surface area (Å²) >= 11 is 5.87. The second-order valence-electron chi connectivity index (χ2n) is 4.84. The largest absolute Gasteiger partial charge is 0.441 e. The van der Waals surface area contributed by atoms with Gasteiger partial charge in [-0.05, 0) is 55.1 Å². The summed E-state index contributed by atoms with van der Waals surface area (Å²) < 4.78 is 7.70. The van der Waals surface area contributed by atoms with Gasteiger partial charge in [-0.1, -0.05) is 0 Å². The van der Waals surface area contributed by atoms with Gasteiger partial charge in [0.15, 0.2) is 22.5 Å². The van der Waals surface area contributed by atoms with E-state index in [0.717, 1.165) is 17.0 Å². The van der Waals surface area contributed by atoms with Crippen molar-refractivity contribution in [1.82, 2.24) is 14.5 Å². The Kier molecular flexibility index (Phi) is 2.38. The molecule has 3 aromatic rings. The molecule has 0 saturated heterocycles. The SMILES string of the molecule is Clc1ccc(-c2nc3cccnc3n2C2CCC2)o1. The van der Waals surface area contributed by atoms with Crippen LogP contribution in [0.4, 0.5) is 0 Å². The first-order valence-corrected chi connectivity index (χ1v) is 6.79. The first-order chi connectivity index (χ1) is 9.33. The van der Waals surface area contributed by atoms with Gasteiger partial charge in [-0.25, -0.2) is 9.97 Å². The maximum Gasteiger partial charge on any atom is 0.194 e. The van der Waals surface area contributed by atoms with E-state index >= 15 is 0 Å². The zero-order valence-corrected chi connectivity index (χ0v) is 11.0. The van der Waals surface area contributed by atoms with E-state index in [0.29, 0.717) is 17.0 Å². The monoisotopic (exact) mass is 273 g/mol. The number of rotatable bonds is 2. The van der Waals surface area contributed by atoms with Gasteiger partial charge in [-0.2, -0.15) is 0 Å². The van der Waals surface area contributed by atoms with Gasteiger partial charge in [-0.3, -0.25) is 0 Å². The molecular formula is C14H12ClN3O. The van der Waals surface area contributed by atoms with Crippen LogP contribution < -0.4 is 0 Å². The van der Waals surface area contributed by atoms with Gasteiger partial charge in [0.2, 0.25) is 0 Å². The smallest absolute Gasteiger partial charge is 0.194 e. The number of halogens is 1. The van der Waals surface area contributed by atoms with Crippen molar-refractivity contribution in [2.75, 3.05) is 0 Å². The molecule has 3 aromatic heterocycles. The fourth-order valence-electron chi connectivity index (χ4n) is 2.53. The van der Waals surface area contributed by atoms with Gasteiger partial charge < -0.3 is 8.98 Å². The van der Waals surface area contributed by atoms with Gasteiger partial charge in [0.25, 0.3) is 0 Å². The molecular weight excluding hydrogens is 262 g/mol. The molecule has 0 spiro atoms. The highest BCUT2D eigenvalue weighted by Crippen LogP contribution is 2.38. The van der Waals surface area contributed by atoms with Crippen LogP contribution in [0.15, 0.2) is 34.9 Å². The summed E-state index contributed by atoms with van der Waals surface area (Å²) in [4.78, 5) is 9.11. The summed E-state index contributed by atoms with van der Waals surface area (Å²) in [6.45, 7) is 0. The van der Waals surface area contributed by atoms with E-state index in [-0.39, 0.29) is 0 Å². The van der Waals surface area contributed by atoms with Crippen molar-refractivity contribution in [2.24, 2.45) is 0 Å². The number of aromatic nitrogens is 3. The number of fused-ring (bicyclic) bond motifs is 1. The van der Waals surface area contributed by atoms with Crippen LogP contribution in [0.1, 0.15) is 25.3 Å². The molecule has 4 nitrogen and oxygen atoms in total. The van der Waals surface area contributed by atoms with Crippen LogP contribution in [-0.4, -0.2) is 14.5 Å². The second-order valence-corrected chi connectivity index (χ2v) is 5.21.